The first-order chi connectivity index (χ1) is 15.1. The third-order valence-corrected chi connectivity index (χ3v) is 4.71. The Bertz CT molecular complexity index is 1250. The van der Waals surface area contributed by atoms with Crippen LogP contribution in [-0.2, 0) is 0 Å². The van der Waals surface area contributed by atoms with Gasteiger partial charge in [0.2, 0.25) is 5.75 Å². The monoisotopic (exact) mass is 416 g/mol. The maximum atomic E-state index is 13.0. The predicted octanol–water partition coefficient (Wildman–Crippen LogP) is 5.84. The van der Waals surface area contributed by atoms with E-state index in [1.54, 1.807) is 12.1 Å². The van der Waals surface area contributed by atoms with Gasteiger partial charge in [0, 0.05) is 0 Å². The number of carbonyl (C=O) groups excluding carboxylic acids is 1. The summed E-state index contributed by atoms with van der Waals surface area (Å²) in [5.74, 6) is 0.883. The van der Waals surface area contributed by atoms with Crippen LogP contribution < -0.4 is 14.2 Å². The molecule has 4 rings (SSSR count). The van der Waals surface area contributed by atoms with Crippen LogP contribution in [0.2, 0.25) is 0 Å². The molecular formula is C25H20O6. The Kier molecular flexibility index (Phi) is 5.62. The number of fused-ring (bicyclic) bond motifs is 1. The van der Waals surface area contributed by atoms with Crippen LogP contribution in [0.5, 0.6) is 28.7 Å². The third-order valence-electron chi connectivity index (χ3n) is 4.71. The third kappa shape index (κ3) is 3.96. The maximum Gasteiger partial charge on any atom is 0.205 e. The minimum atomic E-state index is -0.440. The maximum absolute atomic E-state index is 13.0. The minimum Gasteiger partial charge on any atom is -0.504 e. The van der Waals surface area contributed by atoms with Crippen LogP contribution in [-0.4, -0.2) is 25.1 Å². The number of ketones is 1. The summed E-state index contributed by atoms with van der Waals surface area (Å²) >= 11 is 0. The number of phenolic OH excluding ortho intramolecular Hbond substituents is 1. The quantitative estimate of drug-likeness (QED) is 0.301. The highest BCUT2D eigenvalue weighted by molar-refractivity contribution is 6.15. The van der Waals surface area contributed by atoms with Crippen molar-refractivity contribution in [2.45, 2.75) is 0 Å². The second-order valence-electron chi connectivity index (χ2n) is 6.64. The Morgan fingerprint density at radius 2 is 1.68 bits per heavy atom. The van der Waals surface area contributed by atoms with Crippen molar-refractivity contribution in [3.05, 3.63) is 84.1 Å². The average Bonchev–Trinajstić information content (AvgIpc) is 3.27. The molecule has 31 heavy (non-hydrogen) atoms. The van der Waals surface area contributed by atoms with Crippen LogP contribution >= 0.6 is 0 Å². The number of furan rings is 1. The molecule has 6 heteroatoms. The zero-order chi connectivity index (χ0) is 21.8. The molecule has 0 aliphatic heterocycles. The standard InChI is InChI=1S/C25H20O6/c1-28-23-19-13-14-30-24(19)25(29-2)22(27)21(23)20(26)12-11-16-7-6-10-18(15-16)31-17-8-4-3-5-9-17/h3-15,27H,1-2H3. The van der Waals surface area contributed by atoms with Crippen molar-refractivity contribution in [3.8, 4) is 28.7 Å². The molecule has 0 atom stereocenters. The number of para-hydroxylation sites is 1. The van der Waals surface area contributed by atoms with Crippen molar-refractivity contribution in [1.82, 2.24) is 0 Å². The van der Waals surface area contributed by atoms with E-state index in [0.29, 0.717) is 16.7 Å². The molecule has 156 valence electrons. The molecule has 0 saturated heterocycles. The van der Waals surface area contributed by atoms with Crippen molar-refractivity contribution in [3.63, 3.8) is 0 Å². The lowest BCUT2D eigenvalue weighted by molar-refractivity contribution is 0.104. The van der Waals surface area contributed by atoms with Crippen molar-refractivity contribution in [1.29, 1.82) is 0 Å². The Morgan fingerprint density at radius 1 is 0.935 bits per heavy atom. The van der Waals surface area contributed by atoms with Crippen LogP contribution in [0, 0.1) is 0 Å². The number of carbonyl (C=O) groups is 1. The Morgan fingerprint density at radius 3 is 2.42 bits per heavy atom. The second kappa shape index (κ2) is 8.67. The van der Waals surface area contributed by atoms with E-state index in [0.717, 1.165) is 11.3 Å². The van der Waals surface area contributed by atoms with E-state index < -0.39 is 5.78 Å². The molecule has 0 bridgehead atoms. The summed E-state index contributed by atoms with van der Waals surface area (Å²) in [5.41, 5.74) is 1.07. The Balaban J connectivity index is 1.65. The van der Waals surface area contributed by atoms with E-state index in [4.69, 9.17) is 18.6 Å². The van der Waals surface area contributed by atoms with Crippen LogP contribution in [0.4, 0.5) is 0 Å². The lowest BCUT2D eigenvalue weighted by Crippen LogP contribution is -2.02. The lowest BCUT2D eigenvalue weighted by atomic mass is 10.0. The predicted molar refractivity (Wildman–Crippen MR) is 117 cm³/mol. The molecule has 0 aliphatic rings. The van der Waals surface area contributed by atoms with Gasteiger partial charge in [-0.25, -0.2) is 0 Å². The molecule has 1 N–H and O–H groups in total. The zero-order valence-corrected chi connectivity index (χ0v) is 17.0. The highest BCUT2D eigenvalue weighted by atomic mass is 16.5. The Hall–Kier alpha value is -4.19. The normalized spacial score (nSPS) is 11.0. The zero-order valence-electron chi connectivity index (χ0n) is 17.0. The van der Waals surface area contributed by atoms with E-state index in [1.807, 2.05) is 54.6 Å². The number of rotatable bonds is 7. The molecule has 0 fully saturated rings. The van der Waals surface area contributed by atoms with Gasteiger partial charge in [-0.2, -0.15) is 0 Å². The van der Waals surface area contributed by atoms with Crippen molar-refractivity contribution in [2.24, 2.45) is 0 Å². The molecule has 1 heterocycles. The van der Waals surface area contributed by atoms with Gasteiger partial charge in [-0.05, 0) is 42.0 Å². The number of allylic oxidation sites excluding steroid dienone is 1. The highest BCUT2D eigenvalue weighted by Crippen LogP contribution is 2.45. The van der Waals surface area contributed by atoms with E-state index >= 15 is 0 Å². The molecule has 3 aromatic carbocycles. The van der Waals surface area contributed by atoms with Gasteiger partial charge in [0.15, 0.2) is 17.1 Å². The highest BCUT2D eigenvalue weighted by Gasteiger charge is 2.26. The van der Waals surface area contributed by atoms with Crippen molar-refractivity contribution < 1.29 is 28.5 Å². The van der Waals surface area contributed by atoms with Gasteiger partial charge in [0.05, 0.1) is 25.9 Å². The van der Waals surface area contributed by atoms with Crippen LogP contribution in [0.15, 0.2) is 77.4 Å². The first-order valence-corrected chi connectivity index (χ1v) is 9.52. The number of methoxy groups -OCH3 is 2. The topological polar surface area (TPSA) is 78.1 Å². The summed E-state index contributed by atoms with van der Waals surface area (Å²) in [6.45, 7) is 0. The van der Waals surface area contributed by atoms with Gasteiger partial charge < -0.3 is 23.7 Å². The Labute approximate surface area is 178 Å². The van der Waals surface area contributed by atoms with Gasteiger partial charge in [-0.3, -0.25) is 4.79 Å². The van der Waals surface area contributed by atoms with Crippen LogP contribution in [0.25, 0.3) is 17.0 Å². The number of hydrogen-bond acceptors (Lipinski definition) is 6. The molecule has 0 radical (unpaired) electrons. The number of aromatic hydroxyl groups is 1. The molecular weight excluding hydrogens is 396 g/mol. The van der Waals surface area contributed by atoms with Crippen LogP contribution in [0.3, 0.4) is 0 Å². The average molecular weight is 416 g/mol. The largest absolute Gasteiger partial charge is 0.504 e. The molecule has 0 unspecified atom stereocenters. The van der Waals surface area contributed by atoms with E-state index in [2.05, 4.69) is 0 Å². The molecule has 6 nitrogen and oxygen atoms in total. The summed E-state index contributed by atoms with van der Waals surface area (Å²) in [6, 6.07) is 18.4. The van der Waals surface area contributed by atoms with Gasteiger partial charge in [0.1, 0.15) is 22.8 Å². The minimum absolute atomic E-state index is 0.00110. The fourth-order valence-electron chi connectivity index (χ4n) is 3.32. The van der Waals surface area contributed by atoms with E-state index in [-0.39, 0.29) is 22.8 Å². The van der Waals surface area contributed by atoms with Crippen molar-refractivity contribution in [2.75, 3.05) is 14.2 Å². The summed E-state index contributed by atoms with van der Waals surface area (Å²) in [6.07, 6.45) is 4.45. The summed E-state index contributed by atoms with van der Waals surface area (Å²) in [7, 11) is 2.82. The number of phenols is 1. The van der Waals surface area contributed by atoms with Gasteiger partial charge >= 0.3 is 0 Å². The second-order valence-corrected chi connectivity index (χ2v) is 6.64. The molecule has 4 aromatic rings. The fraction of sp³-hybridized carbons (Fsp3) is 0.0800. The molecule has 0 spiro atoms. The smallest absolute Gasteiger partial charge is 0.205 e. The van der Waals surface area contributed by atoms with Gasteiger partial charge in [-0.15, -0.1) is 0 Å². The van der Waals surface area contributed by atoms with Crippen LogP contribution in [0.1, 0.15) is 15.9 Å². The van der Waals surface area contributed by atoms with E-state index in [1.165, 1.54) is 26.6 Å². The first kappa shape index (κ1) is 20.1. The number of ether oxygens (including phenoxy) is 3. The molecule has 0 aliphatic carbocycles. The van der Waals surface area contributed by atoms with Crippen molar-refractivity contribution >= 4 is 22.8 Å². The summed E-state index contributed by atoms with van der Waals surface area (Å²) < 4.78 is 21.9. The van der Waals surface area contributed by atoms with Gasteiger partial charge in [-0.1, -0.05) is 36.4 Å². The summed E-state index contributed by atoms with van der Waals surface area (Å²) in [4.78, 5) is 13.0. The van der Waals surface area contributed by atoms with Gasteiger partial charge in [0.25, 0.3) is 0 Å². The number of benzene rings is 3. The lowest BCUT2D eigenvalue weighted by Gasteiger charge is -2.13. The molecule has 1 aromatic heterocycles. The first-order valence-electron chi connectivity index (χ1n) is 9.52. The van der Waals surface area contributed by atoms with E-state index in [9.17, 15) is 9.90 Å². The number of hydrogen-bond donors (Lipinski definition) is 1. The fourth-order valence-corrected chi connectivity index (χ4v) is 3.32. The SMILES string of the molecule is COc1c(C(=O)C=Cc2cccc(Oc3ccccc3)c2)c(O)c(OC)c2occc12. The summed E-state index contributed by atoms with van der Waals surface area (Å²) in [5, 5.41) is 11.2. The molecule has 0 amide bonds. The molecule has 0 saturated carbocycles.